The molecular formula is C14H29N. The van der Waals surface area contributed by atoms with Crippen LogP contribution in [-0.2, 0) is 0 Å². The Hall–Kier alpha value is -0.0400. The molecule has 1 unspecified atom stereocenters. The number of rotatable bonds is 7. The topological polar surface area (TPSA) is 12.0 Å². The van der Waals surface area contributed by atoms with Crippen molar-refractivity contribution in [2.24, 2.45) is 5.92 Å². The van der Waals surface area contributed by atoms with Crippen molar-refractivity contribution in [2.75, 3.05) is 0 Å². The summed E-state index contributed by atoms with van der Waals surface area (Å²) >= 11 is 0. The minimum Gasteiger partial charge on any atom is -0.312 e. The maximum absolute atomic E-state index is 3.78. The van der Waals surface area contributed by atoms with Crippen molar-refractivity contribution in [3.05, 3.63) is 0 Å². The highest BCUT2D eigenvalue weighted by molar-refractivity contribution is 4.79. The van der Waals surface area contributed by atoms with Crippen molar-refractivity contribution in [1.29, 1.82) is 0 Å². The molecule has 0 aromatic heterocycles. The number of nitrogens with one attached hydrogen (secondary N) is 1. The minimum atomic E-state index is 0.715. The SMILES string of the molecule is CCCCCC(C)N[C@@H](C)C1CCCC1. The van der Waals surface area contributed by atoms with Gasteiger partial charge < -0.3 is 5.32 Å². The van der Waals surface area contributed by atoms with Crippen LogP contribution in [0.2, 0.25) is 0 Å². The second-order valence-corrected chi connectivity index (χ2v) is 5.40. The molecule has 2 atom stereocenters. The summed E-state index contributed by atoms with van der Waals surface area (Å²) in [5.74, 6) is 0.957. The molecule has 1 nitrogen and oxygen atoms in total. The van der Waals surface area contributed by atoms with Crippen LogP contribution in [0.15, 0.2) is 0 Å². The first-order valence-corrected chi connectivity index (χ1v) is 7.00. The van der Waals surface area contributed by atoms with E-state index in [9.17, 15) is 0 Å². The molecule has 0 saturated heterocycles. The van der Waals surface area contributed by atoms with Crippen LogP contribution >= 0.6 is 0 Å². The molecule has 1 saturated carbocycles. The van der Waals surface area contributed by atoms with Crippen LogP contribution in [0, 0.1) is 5.92 Å². The van der Waals surface area contributed by atoms with Gasteiger partial charge in [-0.2, -0.15) is 0 Å². The van der Waals surface area contributed by atoms with Crippen LogP contribution in [0.3, 0.4) is 0 Å². The molecular weight excluding hydrogens is 182 g/mol. The molecule has 1 rings (SSSR count). The van der Waals surface area contributed by atoms with Gasteiger partial charge in [0.1, 0.15) is 0 Å². The Morgan fingerprint density at radius 3 is 2.40 bits per heavy atom. The lowest BCUT2D eigenvalue weighted by Crippen LogP contribution is -2.38. The molecule has 0 radical (unpaired) electrons. The first-order chi connectivity index (χ1) is 7.24. The highest BCUT2D eigenvalue weighted by atomic mass is 14.9. The minimum absolute atomic E-state index is 0.715. The van der Waals surface area contributed by atoms with Gasteiger partial charge in [0.05, 0.1) is 0 Å². The van der Waals surface area contributed by atoms with Gasteiger partial charge in [-0.15, -0.1) is 0 Å². The van der Waals surface area contributed by atoms with Gasteiger partial charge in [0, 0.05) is 12.1 Å². The second kappa shape index (κ2) is 7.27. The molecule has 90 valence electrons. The zero-order valence-corrected chi connectivity index (χ0v) is 10.9. The van der Waals surface area contributed by atoms with Crippen molar-refractivity contribution in [2.45, 2.75) is 84.2 Å². The number of unbranched alkanes of at least 4 members (excludes halogenated alkanes) is 2. The molecule has 15 heavy (non-hydrogen) atoms. The lowest BCUT2D eigenvalue weighted by atomic mass is 9.98. The summed E-state index contributed by atoms with van der Waals surface area (Å²) in [6.07, 6.45) is 11.3. The summed E-state index contributed by atoms with van der Waals surface area (Å²) in [5.41, 5.74) is 0. The van der Waals surface area contributed by atoms with Crippen molar-refractivity contribution in [3.63, 3.8) is 0 Å². The lowest BCUT2D eigenvalue weighted by molar-refractivity contribution is 0.337. The quantitative estimate of drug-likeness (QED) is 0.625. The van der Waals surface area contributed by atoms with E-state index in [0.29, 0.717) is 6.04 Å². The Bertz CT molecular complexity index is 149. The molecule has 1 fully saturated rings. The van der Waals surface area contributed by atoms with Crippen LogP contribution in [0.1, 0.15) is 72.1 Å². The van der Waals surface area contributed by atoms with E-state index in [1.807, 2.05) is 0 Å². The van der Waals surface area contributed by atoms with Crippen LogP contribution in [0.25, 0.3) is 0 Å². The Kier molecular flexibility index (Phi) is 6.31. The van der Waals surface area contributed by atoms with Gasteiger partial charge in [-0.25, -0.2) is 0 Å². The maximum Gasteiger partial charge on any atom is 0.00694 e. The monoisotopic (exact) mass is 211 g/mol. The van der Waals surface area contributed by atoms with E-state index < -0.39 is 0 Å². The molecule has 0 aliphatic heterocycles. The summed E-state index contributed by atoms with van der Waals surface area (Å²) in [5, 5.41) is 3.78. The summed E-state index contributed by atoms with van der Waals surface area (Å²) in [7, 11) is 0. The van der Waals surface area contributed by atoms with E-state index in [-0.39, 0.29) is 0 Å². The Morgan fingerprint density at radius 1 is 1.13 bits per heavy atom. The van der Waals surface area contributed by atoms with Gasteiger partial charge in [0.15, 0.2) is 0 Å². The van der Waals surface area contributed by atoms with Gasteiger partial charge in [0.2, 0.25) is 0 Å². The summed E-state index contributed by atoms with van der Waals surface area (Å²) < 4.78 is 0. The fourth-order valence-electron chi connectivity index (χ4n) is 2.83. The first-order valence-electron chi connectivity index (χ1n) is 7.00. The molecule has 0 aromatic rings. The van der Waals surface area contributed by atoms with Crippen molar-refractivity contribution in [1.82, 2.24) is 5.32 Å². The maximum atomic E-state index is 3.78. The average Bonchev–Trinajstić information content (AvgIpc) is 2.70. The fraction of sp³-hybridized carbons (Fsp3) is 1.00. The van der Waals surface area contributed by atoms with E-state index >= 15 is 0 Å². The summed E-state index contributed by atoms with van der Waals surface area (Å²) in [6, 6.07) is 1.45. The number of hydrogen-bond acceptors (Lipinski definition) is 1. The predicted octanol–water partition coefficient (Wildman–Crippen LogP) is 4.12. The van der Waals surface area contributed by atoms with Crippen molar-refractivity contribution in [3.8, 4) is 0 Å². The van der Waals surface area contributed by atoms with E-state index in [2.05, 4.69) is 26.1 Å². The molecule has 1 heteroatoms. The molecule has 0 spiro atoms. The number of hydrogen-bond donors (Lipinski definition) is 1. The molecule has 1 aliphatic rings. The summed E-state index contributed by atoms with van der Waals surface area (Å²) in [6.45, 7) is 7.01. The van der Waals surface area contributed by atoms with Crippen LogP contribution in [0.4, 0.5) is 0 Å². The molecule has 1 aliphatic carbocycles. The van der Waals surface area contributed by atoms with E-state index in [1.165, 1.54) is 51.4 Å². The Morgan fingerprint density at radius 2 is 1.80 bits per heavy atom. The van der Waals surface area contributed by atoms with Gasteiger partial charge in [-0.1, -0.05) is 39.0 Å². The first kappa shape index (κ1) is 13.0. The largest absolute Gasteiger partial charge is 0.312 e. The van der Waals surface area contributed by atoms with E-state index in [1.54, 1.807) is 0 Å². The van der Waals surface area contributed by atoms with Crippen LogP contribution in [-0.4, -0.2) is 12.1 Å². The normalized spacial score (nSPS) is 21.8. The third kappa shape index (κ3) is 5.01. The zero-order valence-electron chi connectivity index (χ0n) is 10.9. The van der Waals surface area contributed by atoms with Gasteiger partial charge in [-0.05, 0) is 39.0 Å². The smallest absolute Gasteiger partial charge is 0.00694 e. The average molecular weight is 211 g/mol. The molecule has 0 bridgehead atoms. The molecule has 1 N–H and O–H groups in total. The van der Waals surface area contributed by atoms with E-state index in [0.717, 1.165) is 12.0 Å². The second-order valence-electron chi connectivity index (χ2n) is 5.40. The van der Waals surface area contributed by atoms with Crippen LogP contribution < -0.4 is 5.32 Å². The van der Waals surface area contributed by atoms with Crippen molar-refractivity contribution >= 4 is 0 Å². The third-order valence-electron chi connectivity index (χ3n) is 3.90. The standard InChI is InChI=1S/C14H29N/c1-4-5-6-9-12(2)15-13(3)14-10-7-8-11-14/h12-15H,4-11H2,1-3H3/t12?,13-/m0/s1. The van der Waals surface area contributed by atoms with E-state index in [4.69, 9.17) is 0 Å². The summed E-state index contributed by atoms with van der Waals surface area (Å²) in [4.78, 5) is 0. The predicted molar refractivity (Wildman–Crippen MR) is 68.2 cm³/mol. The molecule has 0 aromatic carbocycles. The molecule has 0 amide bonds. The Labute approximate surface area is 96.0 Å². The highest BCUT2D eigenvalue weighted by Crippen LogP contribution is 2.27. The highest BCUT2D eigenvalue weighted by Gasteiger charge is 2.21. The van der Waals surface area contributed by atoms with Crippen LogP contribution in [0.5, 0.6) is 0 Å². The molecule has 0 heterocycles. The third-order valence-corrected chi connectivity index (χ3v) is 3.90. The Balaban J connectivity index is 2.10. The van der Waals surface area contributed by atoms with Gasteiger partial charge >= 0.3 is 0 Å². The van der Waals surface area contributed by atoms with Gasteiger partial charge in [-0.3, -0.25) is 0 Å². The zero-order chi connectivity index (χ0) is 11.1. The van der Waals surface area contributed by atoms with Gasteiger partial charge in [0.25, 0.3) is 0 Å². The van der Waals surface area contributed by atoms with Crippen molar-refractivity contribution < 1.29 is 0 Å². The lowest BCUT2D eigenvalue weighted by Gasteiger charge is -2.24. The fourth-order valence-corrected chi connectivity index (χ4v) is 2.83.